The van der Waals surface area contributed by atoms with Gasteiger partial charge in [-0.15, -0.1) is 0 Å². The maximum atomic E-state index is 5.34. The molecule has 0 spiro atoms. The number of pyridine rings is 1. The molecule has 1 atom stereocenters. The molecule has 5 nitrogen and oxygen atoms in total. The van der Waals surface area contributed by atoms with Crippen molar-refractivity contribution in [3.8, 4) is 0 Å². The van der Waals surface area contributed by atoms with Gasteiger partial charge in [0, 0.05) is 32.6 Å². The summed E-state index contributed by atoms with van der Waals surface area (Å²) in [4.78, 5) is 6.65. The van der Waals surface area contributed by atoms with Crippen molar-refractivity contribution in [2.45, 2.75) is 26.1 Å². The number of rotatable bonds is 7. The molecule has 0 unspecified atom stereocenters. The lowest BCUT2D eigenvalue weighted by atomic mass is 10.1. The van der Waals surface area contributed by atoms with Gasteiger partial charge in [-0.25, -0.2) is 0 Å². The van der Waals surface area contributed by atoms with E-state index >= 15 is 0 Å². The van der Waals surface area contributed by atoms with E-state index < -0.39 is 0 Å². The number of ether oxygens (including phenoxy) is 1. The lowest BCUT2D eigenvalue weighted by molar-refractivity contribution is 0.0991. The zero-order chi connectivity index (χ0) is 14.4. The molecule has 0 aliphatic rings. The van der Waals surface area contributed by atoms with E-state index in [-0.39, 0.29) is 6.04 Å². The van der Waals surface area contributed by atoms with Crippen molar-refractivity contribution in [2.75, 3.05) is 20.8 Å². The molecule has 0 aliphatic carbocycles. The normalized spacial score (nSPS) is 12.8. The van der Waals surface area contributed by atoms with Gasteiger partial charge in [-0.2, -0.15) is 5.10 Å². The summed E-state index contributed by atoms with van der Waals surface area (Å²) in [5.41, 5.74) is 2.08. The Morgan fingerprint density at radius 1 is 1.35 bits per heavy atom. The van der Waals surface area contributed by atoms with Crippen LogP contribution in [0.4, 0.5) is 0 Å². The van der Waals surface area contributed by atoms with Gasteiger partial charge in [-0.1, -0.05) is 6.07 Å². The first-order valence-electron chi connectivity index (χ1n) is 6.87. The first-order chi connectivity index (χ1) is 9.74. The van der Waals surface area contributed by atoms with Crippen LogP contribution >= 0.6 is 0 Å². The summed E-state index contributed by atoms with van der Waals surface area (Å²) in [5.74, 6) is 0. The summed E-state index contributed by atoms with van der Waals surface area (Å²) in [7, 11) is 3.79. The van der Waals surface area contributed by atoms with E-state index in [2.05, 4.69) is 35.0 Å². The van der Waals surface area contributed by atoms with E-state index in [0.29, 0.717) is 6.61 Å². The molecule has 2 rings (SSSR count). The highest BCUT2D eigenvalue weighted by Crippen LogP contribution is 2.19. The van der Waals surface area contributed by atoms with E-state index in [1.165, 1.54) is 0 Å². The SMILES string of the molecule is CCn1ccc(CN(C)[C@H](COC)c2ccccn2)n1. The van der Waals surface area contributed by atoms with Crippen molar-refractivity contribution in [2.24, 2.45) is 0 Å². The molecule has 0 aromatic carbocycles. The number of aryl methyl sites for hydroxylation is 1. The van der Waals surface area contributed by atoms with Crippen LogP contribution in [0.2, 0.25) is 0 Å². The average Bonchev–Trinajstić information content (AvgIpc) is 2.93. The third-order valence-electron chi connectivity index (χ3n) is 3.32. The molecule has 108 valence electrons. The van der Waals surface area contributed by atoms with E-state index in [0.717, 1.165) is 24.5 Å². The lowest BCUT2D eigenvalue weighted by Gasteiger charge is -2.26. The fourth-order valence-electron chi connectivity index (χ4n) is 2.20. The molecular formula is C15H22N4O. The van der Waals surface area contributed by atoms with Crippen LogP contribution in [0.5, 0.6) is 0 Å². The Morgan fingerprint density at radius 3 is 2.80 bits per heavy atom. The highest BCUT2D eigenvalue weighted by molar-refractivity contribution is 5.10. The van der Waals surface area contributed by atoms with Gasteiger partial charge in [0.1, 0.15) is 0 Å². The highest BCUT2D eigenvalue weighted by atomic mass is 16.5. The third kappa shape index (κ3) is 3.65. The number of hydrogen-bond acceptors (Lipinski definition) is 4. The average molecular weight is 274 g/mol. The van der Waals surface area contributed by atoms with Gasteiger partial charge in [-0.3, -0.25) is 14.6 Å². The zero-order valence-corrected chi connectivity index (χ0v) is 12.4. The van der Waals surface area contributed by atoms with Crippen LogP contribution in [0.15, 0.2) is 36.7 Å². The number of aromatic nitrogens is 3. The molecule has 0 saturated carbocycles. The van der Waals surface area contributed by atoms with Crippen LogP contribution in [-0.2, 0) is 17.8 Å². The molecule has 5 heteroatoms. The fraction of sp³-hybridized carbons (Fsp3) is 0.467. The van der Waals surface area contributed by atoms with Gasteiger partial charge >= 0.3 is 0 Å². The molecule has 0 aliphatic heterocycles. The minimum Gasteiger partial charge on any atom is -0.383 e. The fourth-order valence-corrected chi connectivity index (χ4v) is 2.20. The van der Waals surface area contributed by atoms with E-state index in [1.807, 2.05) is 35.3 Å². The maximum absolute atomic E-state index is 5.34. The number of nitrogens with zero attached hydrogens (tertiary/aromatic N) is 4. The van der Waals surface area contributed by atoms with Crippen molar-refractivity contribution in [1.82, 2.24) is 19.7 Å². The number of likely N-dealkylation sites (N-methyl/N-ethyl adjacent to an activating group) is 1. The molecule has 0 N–H and O–H groups in total. The van der Waals surface area contributed by atoms with Gasteiger partial charge in [0.05, 0.1) is 24.0 Å². The third-order valence-corrected chi connectivity index (χ3v) is 3.32. The molecule has 2 aromatic heterocycles. The Balaban J connectivity index is 2.08. The molecule has 0 bridgehead atoms. The predicted molar refractivity (Wildman–Crippen MR) is 78.2 cm³/mol. The molecular weight excluding hydrogens is 252 g/mol. The Bertz CT molecular complexity index is 512. The van der Waals surface area contributed by atoms with Crippen LogP contribution in [-0.4, -0.2) is 40.4 Å². The van der Waals surface area contributed by atoms with Crippen molar-refractivity contribution in [3.63, 3.8) is 0 Å². The Kier molecular flexibility index (Phi) is 5.26. The summed E-state index contributed by atoms with van der Waals surface area (Å²) in [6.45, 7) is 4.37. The molecule has 0 fully saturated rings. The lowest BCUT2D eigenvalue weighted by Crippen LogP contribution is -2.28. The second-order valence-corrected chi connectivity index (χ2v) is 4.80. The molecule has 0 saturated heterocycles. The molecule has 20 heavy (non-hydrogen) atoms. The summed E-state index contributed by atoms with van der Waals surface area (Å²) < 4.78 is 7.28. The monoisotopic (exact) mass is 274 g/mol. The van der Waals surface area contributed by atoms with Crippen molar-refractivity contribution >= 4 is 0 Å². The minimum absolute atomic E-state index is 0.132. The second-order valence-electron chi connectivity index (χ2n) is 4.80. The Morgan fingerprint density at radius 2 is 2.20 bits per heavy atom. The van der Waals surface area contributed by atoms with Crippen LogP contribution < -0.4 is 0 Å². The molecule has 0 amide bonds. The first-order valence-corrected chi connectivity index (χ1v) is 6.87. The molecule has 2 aromatic rings. The summed E-state index contributed by atoms with van der Waals surface area (Å²) >= 11 is 0. The van der Waals surface area contributed by atoms with Crippen LogP contribution in [0.3, 0.4) is 0 Å². The number of hydrogen-bond donors (Lipinski definition) is 0. The summed E-state index contributed by atoms with van der Waals surface area (Å²) in [6, 6.07) is 8.15. The van der Waals surface area contributed by atoms with Crippen LogP contribution in [0, 0.1) is 0 Å². The summed E-state index contributed by atoms with van der Waals surface area (Å²) in [6.07, 6.45) is 3.83. The second kappa shape index (κ2) is 7.17. The Labute approximate surface area is 120 Å². The maximum Gasteiger partial charge on any atom is 0.0764 e. The van der Waals surface area contributed by atoms with Gasteiger partial charge in [0.2, 0.25) is 0 Å². The smallest absolute Gasteiger partial charge is 0.0764 e. The van der Waals surface area contributed by atoms with Crippen LogP contribution in [0.1, 0.15) is 24.4 Å². The van der Waals surface area contributed by atoms with E-state index in [9.17, 15) is 0 Å². The first kappa shape index (κ1) is 14.7. The van der Waals surface area contributed by atoms with Crippen LogP contribution in [0.25, 0.3) is 0 Å². The summed E-state index contributed by atoms with van der Waals surface area (Å²) in [5, 5.41) is 4.52. The highest BCUT2D eigenvalue weighted by Gasteiger charge is 2.19. The number of methoxy groups -OCH3 is 1. The molecule has 2 heterocycles. The van der Waals surface area contributed by atoms with Gasteiger partial charge in [0.15, 0.2) is 0 Å². The van der Waals surface area contributed by atoms with Gasteiger partial charge in [0.25, 0.3) is 0 Å². The predicted octanol–water partition coefficient (Wildman–Crippen LogP) is 2.12. The van der Waals surface area contributed by atoms with Crippen molar-refractivity contribution < 1.29 is 4.74 Å². The van der Waals surface area contributed by atoms with Crippen molar-refractivity contribution in [3.05, 3.63) is 48.0 Å². The minimum atomic E-state index is 0.132. The zero-order valence-electron chi connectivity index (χ0n) is 12.4. The standard InChI is InChI=1S/C15H22N4O/c1-4-19-10-8-13(17-19)11-18(2)15(12-20-3)14-7-5-6-9-16-14/h5-10,15H,4,11-12H2,1-3H3/t15-/m1/s1. The molecule has 0 radical (unpaired) electrons. The quantitative estimate of drug-likeness (QED) is 0.775. The van der Waals surface area contributed by atoms with E-state index in [4.69, 9.17) is 4.74 Å². The topological polar surface area (TPSA) is 43.2 Å². The van der Waals surface area contributed by atoms with E-state index in [1.54, 1.807) is 7.11 Å². The van der Waals surface area contributed by atoms with Crippen molar-refractivity contribution in [1.29, 1.82) is 0 Å². The Hall–Kier alpha value is -1.72. The van der Waals surface area contributed by atoms with Gasteiger partial charge in [-0.05, 0) is 32.2 Å². The van der Waals surface area contributed by atoms with Gasteiger partial charge < -0.3 is 4.74 Å². The largest absolute Gasteiger partial charge is 0.383 e.